The van der Waals surface area contributed by atoms with Crippen LogP contribution in [0.1, 0.15) is 29.2 Å². The summed E-state index contributed by atoms with van der Waals surface area (Å²) in [5.74, 6) is -0.541. The van der Waals surface area contributed by atoms with Gasteiger partial charge in [0.25, 0.3) is 0 Å². The number of carboxylic acids is 1. The van der Waals surface area contributed by atoms with Crippen LogP contribution in [0.25, 0.3) is 11.0 Å². The molecule has 8 nitrogen and oxygen atoms in total. The number of hydrogen-bond acceptors (Lipinski definition) is 6. The first-order valence-electron chi connectivity index (χ1n) is 8.48. The second-order valence-electron chi connectivity index (χ2n) is 6.88. The van der Waals surface area contributed by atoms with Crippen molar-refractivity contribution in [3.8, 4) is 0 Å². The van der Waals surface area contributed by atoms with Gasteiger partial charge in [-0.25, -0.2) is 9.78 Å². The van der Waals surface area contributed by atoms with Crippen LogP contribution in [0.4, 0.5) is 11.5 Å². The smallest absolute Gasteiger partial charge is 0.341 e. The van der Waals surface area contributed by atoms with E-state index < -0.39 is 11.4 Å². The summed E-state index contributed by atoms with van der Waals surface area (Å²) in [6.07, 6.45) is 3.36. The van der Waals surface area contributed by atoms with Crippen molar-refractivity contribution in [2.75, 3.05) is 43.9 Å². The molecule has 0 radical (unpaired) electrons. The Labute approximate surface area is 144 Å². The number of carbonyl (C=O) groups is 1. The first kappa shape index (κ1) is 15.9. The lowest BCUT2D eigenvalue weighted by molar-refractivity contribution is 0.0695. The number of aromatic carboxylic acids is 1. The van der Waals surface area contributed by atoms with E-state index >= 15 is 0 Å². The molecule has 132 valence electrons. The highest BCUT2D eigenvalue weighted by atomic mass is 16.4. The van der Waals surface area contributed by atoms with Crippen molar-refractivity contribution in [2.24, 2.45) is 0 Å². The van der Waals surface area contributed by atoms with Gasteiger partial charge in [-0.1, -0.05) is 0 Å². The molecule has 0 amide bonds. The molecule has 3 N–H and O–H groups in total. The van der Waals surface area contributed by atoms with Crippen molar-refractivity contribution >= 4 is 28.5 Å². The van der Waals surface area contributed by atoms with Gasteiger partial charge in [-0.05, 0) is 26.0 Å². The van der Waals surface area contributed by atoms with Crippen LogP contribution in [0, 0.1) is 0 Å². The lowest BCUT2D eigenvalue weighted by Crippen LogP contribution is -2.45. The third-order valence-corrected chi connectivity index (χ3v) is 4.99. The summed E-state index contributed by atoms with van der Waals surface area (Å²) >= 11 is 0. The fourth-order valence-electron chi connectivity index (χ4n) is 3.33. The molecule has 1 aliphatic heterocycles. The van der Waals surface area contributed by atoms with Crippen molar-refractivity contribution in [3.63, 3.8) is 0 Å². The van der Waals surface area contributed by atoms with Crippen LogP contribution < -0.4 is 16.1 Å². The molecule has 3 heterocycles. The fourth-order valence-corrected chi connectivity index (χ4v) is 3.33. The SMILES string of the molecule is CN1CCN(c2nc3c(cc2N)c(=O)c(C(=O)O)cn3C2CC2)CC1. The Balaban J connectivity index is 1.90. The van der Waals surface area contributed by atoms with E-state index in [9.17, 15) is 14.7 Å². The molecule has 0 unspecified atom stereocenters. The van der Waals surface area contributed by atoms with Gasteiger partial charge in [-0.3, -0.25) is 4.79 Å². The molecule has 25 heavy (non-hydrogen) atoms. The van der Waals surface area contributed by atoms with Crippen molar-refractivity contribution in [2.45, 2.75) is 18.9 Å². The van der Waals surface area contributed by atoms with Crippen LogP contribution >= 0.6 is 0 Å². The van der Waals surface area contributed by atoms with E-state index in [-0.39, 0.29) is 17.0 Å². The lowest BCUT2D eigenvalue weighted by atomic mass is 10.1. The topological polar surface area (TPSA) is 105 Å². The van der Waals surface area contributed by atoms with Gasteiger partial charge in [-0.15, -0.1) is 0 Å². The monoisotopic (exact) mass is 343 g/mol. The number of aromatic nitrogens is 2. The number of anilines is 2. The Morgan fingerprint density at radius 2 is 1.96 bits per heavy atom. The number of likely N-dealkylation sites (N-methyl/N-ethyl adjacent to an activating group) is 1. The predicted octanol–water partition coefficient (Wildman–Crippen LogP) is 0.764. The van der Waals surface area contributed by atoms with E-state index in [0.717, 1.165) is 39.0 Å². The van der Waals surface area contributed by atoms with Gasteiger partial charge in [0.05, 0.1) is 11.1 Å². The van der Waals surface area contributed by atoms with E-state index in [1.807, 2.05) is 4.57 Å². The van der Waals surface area contributed by atoms with Crippen molar-refractivity contribution in [1.29, 1.82) is 0 Å². The highest BCUT2D eigenvalue weighted by Gasteiger charge is 2.28. The van der Waals surface area contributed by atoms with E-state index in [1.54, 1.807) is 6.07 Å². The maximum Gasteiger partial charge on any atom is 0.341 e. The maximum atomic E-state index is 12.5. The second-order valence-corrected chi connectivity index (χ2v) is 6.88. The number of pyridine rings is 2. The molecule has 0 aromatic carbocycles. The first-order valence-corrected chi connectivity index (χ1v) is 8.48. The van der Waals surface area contributed by atoms with E-state index in [0.29, 0.717) is 17.2 Å². The van der Waals surface area contributed by atoms with Crippen molar-refractivity contribution in [1.82, 2.24) is 14.5 Å². The summed E-state index contributed by atoms with van der Waals surface area (Å²) in [4.78, 5) is 33.0. The number of carboxylic acid groups (broad SMARTS) is 1. The molecular formula is C17H21N5O3. The van der Waals surface area contributed by atoms with Gasteiger partial charge in [0.1, 0.15) is 11.2 Å². The lowest BCUT2D eigenvalue weighted by Gasteiger charge is -2.34. The standard InChI is InChI=1S/C17H21N5O3/c1-20-4-6-21(7-5-20)16-13(18)8-11-14(23)12(17(24)25)9-22(10-2-3-10)15(11)19-16/h8-10H,2-7,18H2,1H3,(H,24,25). The minimum atomic E-state index is -1.22. The van der Waals surface area contributed by atoms with Crippen LogP contribution in [0.3, 0.4) is 0 Å². The molecule has 2 aliphatic rings. The minimum absolute atomic E-state index is 0.206. The number of piperazine rings is 1. The fraction of sp³-hybridized carbons (Fsp3) is 0.471. The molecule has 2 aromatic rings. The summed E-state index contributed by atoms with van der Waals surface area (Å²) in [6, 6.07) is 1.79. The van der Waals surface area contributed by atoms with Crippen LogP contribution in [0.15, 0.2) is 17.1 Å². The number of nitrogens with zero attached hydrogens (tertiary/aromatic N) is 4. The number of fused-ring (bicyclic) bond motifs is 1. The Bertz CT molecular complexity index is 911. The molecular weight excluding hydrogens is 322 g/mol. The number of hydrogen-bond donors (Lipinski definition) is 2. The average molecular weight is 343 g/mol. The minimum Gasteiger partial charge on any atom is -0.477 e. The molecule has 4 rings (SSSR count). The second kappa shape index (κ2) is 5.73. The zero-order valence-corrected chi connectivity index (χ0v) is 14.1. The summed E-state index contributed by atoms with van der Waals surface area (Å²) in [5, 5.41) is 9.61. The maximum absolute atomic E-state index is 12.5. The van der Waals surface area contributed by atoms with Gasteiger partial charge in [0, 0.05) is 38.4 Å². The van der Waals surface area contributed by atoms with E-state index in [4.69, 9.17) is 10.7 Å². The van der Waals surface area contributed by atoms with E-state index in [1.165, 1.54) is 6.20 Å². The van der Waals surface area contributed by atoms with Gasteiger partial charge in [-0.2, -0.15) is 0 Å². The van der Waals surface area contributed by atoms with Crippen molar-refractivity contribution < 1.29 is 9.90 Å². The van der Waals surface area contributed by atoms with Crippen LogP contribution in [0.5, 0.6) is 0 Å². The summed E-state index contributed by atoms with van der Waals surface area (Å²) in [6.45, 7) is 3.49. The predicted molar refractivity (Wildman–Crippen MR) is 95.4 cm³/mol. The third-order valence-electron chi connectivity index (χ3n) is 4.99. The first-order chi connectivity index (χ1) is 12.0. The van der Waals surface area contributed by atoms with Crippen LogP contribution in [-0.4, -0.2) is 58.8 Å². The molecule has 1 aliphatic carbocycles. The molecule has 0 atom stereocenters. The molecule has 1 saturated heterocycles. The van der Waals surface area contributed by atoms with E-state index in [2.05, 4.69) is 16.8 Å². The largest absolute Gasteiger partial charge is 0.477 e. The van der Waals surface area contributed by atoms with Gasteiger partial charge in [0.2, 0.25) is 5.43 Å². The van der Waals surface area contributed by atoms with Gasteiger partial charge < -0.3 is 25.2 Å². The van der Waals surface area contributed by atoms with Crippen LogP contribution in [-0.2, 0) is 0 Å². The number of nitrogen functional groups attached to an aromatic ring is 1. The Morgan fingerprint density at radius 1 is 1.28 bits per heavy atom. The molecule has 2 aromatic heterocycles. The summed E-state index contributed by atoms with van der Waals surface area (Å²) < 4.78 is 1.83. The number of rotatable bonds is 3. The average Bonchev–Trinajstić information content (AvgIpc) is 3.41. The molecule has 0 spiro atoms. The number of nitrogens with two attached hydrogens (primary N) is 1. The normalized spacial score (nSPS) is 18.7. The summed E-state index contributed by atoms with van der Waals surface area (Å²) in [5.41, 5.74) is 6.37. The Kier molecular flexibility index (Phi) is 3.64. The van der Waals surface area contributed by atoms with Gasteiger partial charge >= 0.3 is 5.97 Å². The summed E-state index contributed by atoms with van der Waals surface area (Å²) in [7, 11) is 2.08. The zero-order valence-electron chi connectivity index (χ0n) is 14.1. The zero-order chi connectivity index (χ0) is 17.7. The van der Waals surface area contributed by atoms with Gasteiger partial charge in [0.15, 0.2) is 5.82 Å². The molecule has 2 fully saturated rings. The molecule has 0 bridgehead atoms. The molecule has 8 heteroatoms. The van der Waals surface area contributed by atoms with Crippen LogP contribution in [0.2, 0.25) is 0 Å². The molecule has 1 saturated carbocycles. The Morgan fingerprint density at radius 3 is 2.56 bits per heavy atom. The highest BCUT2D eigenvalue weighted by molar-refractivity contribution is 5.93. The highest BCUT2D eigenvalue weighted by Crippen LogP contribution is 2.37. The Hall–Kier alpha value is -2.61. The quantitative estimate of drug-likeness (QED) is 0.848. The van der Waals surface area contributed by atoms with Crippen molar-refractivity contribution in [3.05, 3.63) is 28.0 Å². The third kappa shape index (κ3) is 2.72.